The number of hydrogen-bond acceptors (Lipinski definition) is 2. The van der Waals surface area contributed by atoms with Gasteiger partial charge in [0.1, 0.15) is 8.07 Å². The Morgan fingerprint density at radius 2 is 0.776 bits per heavy atom. The van der Waals surface area contributed by atoms with Gasteiger partial charge in [0.25, 0.3) is 6.71 Å². The van der Waals surface area contributed by atoms with Gasteiger partial charge in [0.2, 0.25) is 0 Å². The fourth-order valence-electron chi connectivity index (χ4n) is 10.1. The van der Waals surface area contributed by atoms with Crippen molar-refractivity contribution in [3.8, 4) is 0 Å². The molecule has 9 rings (SSSR count). The van der Waals surface area contributed by atoms with Crippen LogP contribution in [0.15, 0.2) is 115 Å². The molecule has 0 bridgehead atoms. The minimum Gasteiger partial charge on any atom is -0.311 e. The smallest absolute Gasteiger partial charge is 0.251 e. The third kappa shape index (κ3) is 5.80. The molecule has 6 aromatic rings. The Balaban J connectivity index is 1.47. The van der Waals surface area contributed by atoms with E-state index in [1.165, 1.54) is 83.5 Å². The molecule has 0 saturated carbocycles. The first-order chi connectivity index (χ1) is 27.1. The maximum Gasteiger partial charge on any atom is 0.251 e. The first-order valence-corrected chi connectivity index (χ1v) is 24.0. The second-order valence-electron chi connectivity index (χ2n) is 21.8. The van der Waals surface area contributed by atoms with E-state index in [1.54, 1.807) is 10.4 Å². The second kappa shape index (κ2) is 12.6. The van der Waals surface area contributed by atoms with Crippen LogP contribution >= 0.6 is 0 Å². The van der Waals surface area contributed by atoms with Crippen LogP contribution in [0.25, 0.3) is 0 Å². The van der Waals surface area contributed by atoms with Gasteiger partial charge in [-0.25, -0.2) is 0 Å². The Kier molecular flexibility index (Phi) is 8.41. The molecule has 0 spiro atoms. The van der Waals surface area contributed by atoms with Gasteiger partial charge in [-0.05, 0) is 127 Å². The van der Waals surface area contributed by atoms with Crippen LogP contribution in [-0.4, -0.2) is 14.8 Å². The highest BCUT2D eigenvalue weighted by atomic mass is 28.3. The lowest BCUT2D eigenvalue weighted by molar-refractivity contribution is 0.590. The largest absolute Gasteiger partial charge is 0.311 e. The van der Waals surface area contributed by atoms with E-state index in [-0.39, 0.29) is 28.4 Å². The van der Waals surface area contributed by atoms with Crippen LogP contribution < -0.4 is 41.7 Å². The zero-order valence-corrected chi connectivity index (χ0v) is 38.4. The van der Waals surface area contributed by atoms with Gasteiger partial charge in [-0.15, -0.1) is 0 Å². The van der Waals surface area contributed by atoms with E-state index in [0.29, 0.717) is 0 Å². The SMILES string of the molecule is Cc1cc2c3c(c1)N(c1ccc(C(C)(C)C)cc1)c1cc(C(C)(C)C)cc4c1B3c1c(cc(C(C)(C)C)cc1[Si]4(C)c1ccccc1)N2c1ccc(C(C)(C)C)cc1. The molecule has 2 nitrogen and oxygen atoms in total. The highest BCUT2D eigenvalue weighted by molar-refractivity contribution is 7.21. The van der Waals surface area contributed by atoms with E-state index >= 15 is 0 Å². The van der Waals surface area contributed by atoms with Gasteiger partial charge in [0.15, 0.2) is 0 Å². The van der Waals surface area contributed by atoms with Gasteiger partial charge >= 0.3 is 0 Å². The zero-order valence-electron chi connectivity index (χ0n) is 37.4. The number of rotatable bonds is 3. The Morgan fingerprint density at radius 1 is 0.414 bits per heavy atom. The molecule has 4 heteroatoms. The topological polar surface area (TPSA) is 6.48 Å². The van der Waals surface area contributed by atoms with E-state index in [4.69, 9.17) is 0 Å². The molecule has 0 amide bonds. The van der Waals surface area contributed by atoms with Gasteiger partial charge in [0.05, 0.1) is 0 Å². The van der Waals surface area contributed by atoms with E-state index < -0.39 is 8.07 Å². The summed E-state index contributed by atoms with van der Waals surface area (Å²) in [5.41, 5.74) is 19.0. The van der Waals surface area contributed by atoms with Gasteiger partial charge in [-0.3, -0.25) is 0 Å². The summed E-state index contributed by atoms with van der Waals surface area (Å²) in [6.07, 6.45) is 0. The van der Waals surface area contributed by atoms with Gasteiger partial charge in [0, 0.05) is 34.1 Å². The molecule has 0 aromatic heterocycles. The van der Waals surface area contributed by atoms with Gasteiger partial charge in [-0.1, -0.05) is 167 Å². The van der Waals surface area contributed by atoms with E-state index in [2.05, 4.69) is 222 Å². The van der Waals surface area contributed by atoms with Crippen LogP contribution in [0.5, 0.6) is 0 Å². The monoisotopic (exact) mass is 776 g/mol. The number of benzene rings is 6. The quantitative estimate of drug-likeness (QED) is 0.165. The standard InChI is InChI=1S/C54H61BN2Si/c1-34-28-42-48-43(29-34)57(40-26-22-36(23-27-40)52(5,6)7)45-31-38(54(11,12)13)33-47-50(45)55(48)49-44(56(42)39-24-20-35(21-25-39)51(2,3)4)30-37(53(8,9)10)32-46(49)58(47,14)41-18-16-15-17-19-41/h15-33H,1-14H3. The van der Waals surface area contributed by atoms with Crippen molar-refractivity contribution in [3.05, 3.63) is 143 Å². The molecule has 0 N–H and O–H groups in total. The minimum atomic E-state index is -2.65. The van der Waals surface area contributed by atoms with Gasteiger partial charge in [-0.2, -0.15) is 0 Å². The van der Waals surface area contributed by atoms with Crippen LogP contribution in [-0.2, 0) is 21.7 Å². The second-order valence-corrected chi connectivity index (χ2v) is 25.7. The molecule has 0 radical (unpaired) electrons. The third-order valence-corrected chi connectivity index (χ3v) is 18.0. The van der Waals surface area contributed by atoms with Crippen molar-refractivity contribution >= 4 is 80.9 Å². The maximum absolute atomic E-state index is 2.66. The predicted molar refractivity (Wildman–Crippen MR) is 257 cm³/mol. The van der Waals surface area contributed by atoms with Crippen molar-refractivity contribution in [2.45, 2.75) is 118 Å². The summed E-state index contributed by atoms with van der Waals surface area (Å²) in [5, 5.41) is 4.59. The number of nitrogens with zero attached hydrogens (tertiary/aromatic N) is 2. The molecule has 0 unspecified atom stereocenters. The Hall–Kier alpha value is -4.80. The lowest BCUT2D eigenvalue weighted by atomic mass is 9.33. The van der Waals surface area contributed by atoms with E-state index in [9.17, 15) is 0 Å². The normalized spacial score (nSPS) is 15.4. The average molecular weight is 777 g/mol. The number of anilines is 6. The van der Waals surface area contributed by atoms with Crippen molar-refractivity contribution in [1.29, 1.82) is 0 Å². The summed E-state index contributed by atoms with van der Waals surface area (Å²) in [4.78, 5) is 5.28. The molecule has 0 saturated heterocycles. The Bertz CT molecular complexity index is 2450. The first-order valence-electron chi connectivity index (χ1n) is 21.5. The summed E-state index contributed by atoms with van der Waals surface area (Å²) in [6, 6.07) is 45.9. The molecule has 58 heavy (non-hydrogen) atoms. The minimum absolute atomic E-state index is 0.0430. The molecule has 294 valence electrons. The first kappa shape index (κ1) is 38.7. The maximum atomic E-state index is 2.66. The Morgan fingerprint density at radius 3 is 1.14 bits per heavy atom. The number of hydrogen-bond donors (Lipinski definition) is 0. The molecular weight excluding hydrogens is 716 g/mol. The van der Waals surface area contributed by atoms with E-state index in [0.717, 1.165) is 0 Å². The van der Waals surface area contributed by atoms with Crippen molar-refractivity contribution in [2.75, 3.05) is 9.80 Å². The predicted octanol–water partition coefficient (Wildman–Crippen LogP) is 10.7. The molecule has 3 heterocycles. The molecule has 3 aliphatic heterocycles. The lowest BCUT2D eigenvalue weighted by Gasteiger charge is -2.51. The fraction of sp³-hybridized carbons (Fsp3) is 0.333. The molecule has 6 aromatic carbocycles. The molecule has 0 aliphatic carbocycles. The number of aryl methyl sites for hydroxylation is 1. The zero-order chi connectivity index (χ0) is 41.5. The van der Waals surface area contributed by atoms with Gasteiger partial charge < -0.3 is 9.80 Å². The molecule has 0 fully saturated rings. The van der Waals surface area contributed by atoms with E-state index in [1.807, 2.05) is 0 Å². The van der Waals surface area contributed by atoms with Crippen molar-refractivity contribution in [1.82, 2.24) is 0 Å². The van der Waals surface area contributed by atoms with Crippen molar-refractivity contribution in [2.24, 2.45) is 0 Å². The van der Waals surface area contributed by atoms with Crippen LogP contribution in [0.4, 0.5) is 34.1 Å². The van der Waals surface area contributed by atoms with Crippen LogP contribution in [0, 0.1) is 6.92 Å². The molecule has 3 aliphatic rings. The molecule has 0 atom stereocenters. The third-order valence-electron chi connectivity index (χ3n) is 13.6. The Labute approximate surface area is 350 Å². The molecular formula is C54H61BN2Si. The summed E-state index contributed by atoms with van der Waals surface area (Å²) in [5.74, 6) is 0. The van der Waals surface area contributed by atoms with Crippen LogP contribution in [0.2, 0.25) is 6.55 Å². The summed E-state index contributed by atoms with van der Waals surface area (Å²) < 4.78 is 0. The van der Waals surface area contributed by atoms with Crippen LogP contribution in [0.3, 0.4) is 0 Å². The van der Waals surface area contributed by atoms with Crippen molar-refractivity contribution < 1.29 is 0 Å². The van der Waals surface area contributed by atoms with Crippen molar-refractivity contribution in [3.63, 3.8) is 0 Å². The highest BCUT2D eigenvalue weighted by Gasteiger charge is 2.54. The fourth-order valence-corrected chi connectivity index (χ4v) is 14.4. The lowest BCUT2D eigenvalue weighted by Crippen LogP contribution is -2.83. The highest BCUT2D eigenvalue weighted by Crippen LogP contribution is 2.47. The average Bonchev–Trinajstić information content (AvgIpc) is 3.15. The summed E-state index contributed by atoms with van der Waals surface area (Å²) in [6.45, 7) is 33.3. The summed E-state index contributed by atoms with van der Waals surface area (Å²) >= 11 is 0. The van der Waals surface area contributed by atoms with Crippen LogP contribution in [0.1, 0.15) is 111 Å². The summed E-state index contributed by atoms with van der Waals surface area (Å²) in [7, 11) is -2.65.